The van der Waals surface area contributed by atoms with Crippen molar-refractivity contribution in [2.45, 2.75) is 43.7 Å². The van der Waals surface area contributed by atoms with Crippen molar-refractivity contribution >= 4 is 11.6 Å². The van der Waals surface area contributed by atoms with Crippen molar-refractivity contribution in [1.29, 1.82) is 0 Å². The summed E-state index contributed by atoms with van der Waals surface area (Å²) in [6.07, 6.45) is -2.60. The lowest BCUT2D eigenvalue weighted by Crippen LogP contribution is -2.38. The van der Waals surface area contributed by atoms with Gasteiger partial charge in [0, 0.05) is 11.4 Å². The Morgan fingerprint density at radius 2 is 1.81 bits per heavy atom. The quantitative estimate of drug-likeness (QED) is 0.509. The Morgan fingerprint density at radius 1 is 1.14 bits per heavy atom. The Labute approximate surface area is 125 Å². The van der Waals surface area contributed by atoms with E-state index in [1.807, 2.05) is 0 Å². The predicted molar refractivity (Wildman–Crippen MR) is 71.2 cm³/mol. The molecule has 1 aliphatic rings. The van der Waals surface area contributed by atoms with Gasteiger partial charge in [-0.05, 0) is 36.8 Å². The fourth-order valence-corrected chi connectivity index (χ4v) is 3.52. The maximum Gasteiger partial charge on any atom is 0.392 e. The molecule has 1 aromatic carbocycles. The molecule has 0 nitrogen and oxygen atoms in total. The van der Waals surface area contributed by atoms with Crippen molar-refractivity contribution in [3.05, 3.63) is 35.4 Å². The Balaban J connectivity index is 2.12. The second-order valence-corrected chi connectivity index (χ2v) is 6.11. The molecule has 0 N–H and O–H groups in total. The highest BCUT2D eigenvalue weighted by atomic mass is 35.5. The van der Waals surface area contributed by atoms with Gasteiger partial charge in [0.15, 0.2) is 0 Å². The van der Waals surface area contributed by atoms with E-state index in [-0.39, 0.29) is 18.4 Å². The van der Waals surface area contributed by atoms with Crippen LogP contribution in [0.4, 0.5) is 22.0 Å². The minimum atomic E-state index is -4.28. The number of alkyl halides is 4. The molecule has 3 unspecified atom stereocenters. The summed E-state index contributed by atoms with van der Waals surface area (Å²) in [4.78, 5) is 0. The van der Waals surface area contributed by atoms with Crippen molar-refractivity contribution in [3.8, 4) is 0 Å². The summed E-state index contributed by atoms with van der Waals surface area (Å²) in [6.45, 7) is 0. The zero-order valence-electron chi connectivity index (χ0n) is 11.3. The average Bonchev–Trinajstić information content (AvgIpc) is 2.41. The van der Waals surface area contributed by atoms with Crippen molar-refractivity contribution in [1.82, 2.24) is 0 Å². The summed E-state index contributed by atoms with van der Waals surface area (Å²) in [5.41, 5.74) is 0.155. The molecule has 0 aliphatic heterocycles. The summed E-state index contributed by atoms with van der Waals surface area (Å²) in [6, 6.07) is 3.05. The number of benzene rings is 1. The lowest BCUT2D eigenvalue weighted by Gasteiger charge is -2.35. The van der Waals surface area contributed by atoms with Gasteiger partial charge in [-0.1, -0.05) is 18.9 Å². The molecule has 0 aromatic heterocycles. The highest BCUT2D eigenvalue weighted by Crippen LogP contribution is 2.44. The normalized spacial score (nSPS) is 24.9. The molecule has 3 atom stereocenters. The number of halogens is 6. The Bertz CT molecular complexity index is 485. The van der Waals surface area contributed by atoms with E-state index in [0.29, 0.717) is 19.3 Å². The van der Waals surface area contributed by atoms with Crippen LogP contribution >= 0.6 is 11.6 Å². The summed E-state index contributed by atoms with van der Waals surface area (Å²) >= 11 is 6.15. The van der Waals surface area contributed by atoms with Gasteiger partial charge in [-0.15, -0.1) is 11.6 Å². The smallest absolute Gasteiger partial charge is 0.207 e. The number of hydrogen-bond acceptors (Lipinski definition) is 0. The molecule has 1 fully saturated rings. The zero-order valence-corrected chi connectivity index (χ0v) is 12.0. The molecule has 0 bridgehead atoms. The van der Waals surface area contributed by atoms with Gasteiger partial charge in [-0.3, -0.25) is 0 Å². The molecule has 0 heterocycles. The molecule has 1 aliphatic carbocycles. The second-order valence-electron chi connectivity index (χ2n) is 5.55. The van der Waals surface area contributed by atoms with Gasteiger partial charge in [0.25, 0.3) is 0 Å². The second kappa shape index (κ2) is 6.51. The fourth-order valence-electron chi connectivity index (χ4n) is 3.05. The van der Waals surface area contributed by atoms with E-state index in [0.717, 1.165) is 12.1 Å². The summed E-state index contributed by atoms with van der Waals surface area (Å²) in [7, 11) is 0. The van der Waals surface area contributed by atoms with Gasteiger partial charge in [0.2, 0.25) is 0 Å². The van der Waals surface area contributed by atoms with Crippen LogP contribution in [0.5, 0.6) is 0 Å². The minimum absolute atomic E-state index is 0.0229. The van der Waals surface area contributed by atoms with Crippen LogP contribution in [0, 0.1) is 23.5 Å². The Morgan fingerprint density at radius 3 is 2.43 bits per heavy atom. The first-order chi connectivity index (χ1) is 9.79. The largest absolute Gasteiger partial charge is 0.392 e. The zero-order chi connectivity index (χ0) is 15.6. The van der Waals surface area contributed by atoms with E-state index < -0.39 is 35.0 Å². The first-order valence-electron chi connectivity index (χ1n) is 6.93. The molecule has 0 saturated heterocycles. The fraction of sp³-hybridized carbons (Fsp3) is 0.600. The van der Waals surface area contributed by atoms with Crippen LogP contribution in [0.3, 0.4) is 0 Å². The first kappa shape index (κ1) is 16.5. The van der Waals surface area contributed by atoms with Gasteiger partial charge >= 0.3 is 6.18 Å². The molecule has 1 aromatic rings. The molecule has 0 radical (unpaired) electrons. The third-order valence-corrected chi connectivity index (χ3v) is 4.61. The Kier molecular flexibility index (Phi) is 5.12. The van der Waals surface area contributed by atoms with E-state index in [4.69, 9.17) is 11.6 Å². The molecule has 21 heavy (non-hydrogen) atoms. The predicted octanol–water partition coefficient (Wildman–Crippen LogP) is 5.48. The molecular formula is C15H16ClF5. The van der Waals surface area contributed by atoms with Crippen LogP contribution in [0.2, 0.25) is 0 Å². The molecular weight excluding hydrogens is 311 g/mol. The van der Waals surface area contributed by atoms with Crippen molar-refractivity contribution in [3.63, 3.8) is 0 Å². The molecule has 6 heteroatoms. The molecule has 2 rings (SSSR count). The van der Waals surface area contributed by atoms with E-state index >= 15 is 0 Å². The van der Waals surface area contributed by atoms with E-state index in [1.54, 1.807) is 0 Å². The van der Waals surface area contributed by atoms with Gasteiger partial charge in [0.05, 0.1) is 5.92 Å². The minimum Gasteiger partial charge on any atom is -0.207 e. The van der Waals surface area contributed by atoms with Crippen LogP contribution < -0.4 is 0 Å². The van der Waals surface area contributed by atoms with Crippen LogP contribution in [0.25, 0.3) is 0 Å². The van der Waals surface area contributed by atoms with Crippen molar-refractivity contribution in [2.75, 3.05) is 0 Å². The average molecular weight is 327 g/mol. The van der Waals surface area contributed by atoms with Gasteiger partial charge in [0.1, 0.15) is 11.6 Å². The summed E-state index contributed by atoms with van der Waals surface area (Å²) < 4.78 is 65.5. The van der Waals surface area contributed by atoms with Crippen LogP contribution in [0.1, 0.15) is 31.2 Å². The third kappa shape index (κ3) is 4.09. The van der Waals surface area contributed by atoms with Crippen LogP contribution in [0.15, 0.2) is 18.2 Å². The van der Waals surface area contributed by atoms with E-state index in [9.17, 15) is 22.0 Å². The maximum atomic E-state index is 13.6. The number of hydrogen-bond donors (Lipinski definition) is 0. The lowest BCUT2D eigenvalue weighted by atomic mass is 9.75. The van der Waals surface area contributed by atoms with Crippen molar-refractivity contribution in [2.24, 2.45) is 11.8 Å². The summed E-state index contributed by atoms with van der Waals surface area (Å²) in [5.74, 6) is -3.63. The van der Waals surface area contributed by atoms with Crippen LogP contribution in [-0.2, 0) is 6.42 Å². The summed E-state index contributed by atoms with van der Waals surface area (Å²) in [5, 5.41) is -0.808. The monoisotopic (exact) mass is 326 g/mol. The molecule has 1 saturated carbocycles. The highest BCUT2D eigenvalue weighted by molar-refractivity contribution is 6.21. The van der Waals surface area contributed by atoms with Gasteiger partial charge < -0.3 is 0 Å². The highest BCUT2D eigenvalue weighted by Gasteiger charge is 2.47. The first-order valence-corrected chi connectivity index (χ1v) is 7.37. The molecule has 118 valence electrons. The maximum absolute atomic E-state index is 13.6. The molecule has 0 amide bonds. The van der Waals surface area contributed by atoms with Crippen LogP contribution in [-0.4, -0.2) is 11.6 Å². The number of rotatable bonds is 3. The topological polar surface area (TPSA) is 0 Å². The standard InChI is InChI=1S/C15H16ClF5/c16-13(7-9-5-6-10(17)8-14(9)18)11-3-1-2-4-12(11)15(19,20)21/h5-6,8,11-13H,1-4,7H2. The lowest BCUT2D eigenvalue weighted by molar-refractivity contribution is -0.196. The molecule has 0 spiro atoms. The van der Waals surface area contributed by atoms with Gasteiger partial charge in [-0.25, -0.2) is 8.78 Å². The third-order valence-electron chi connectivity index (χ3n) is 4.13. The van der Waals surface area contributed by atoms with Gasteiger partial charge in [-0.2, -0.15) is 13.2 Å². The van der Waals surface area contributed by atoms with Crippen molar-refractivity contribution < 1.29 is 22.0 Å². The van der Waals surface area contributed by atoms with E-state index in [2.05, 4.69) is 0 Å². The van der Waals surface area contributed by atoms with E-state index in [1.165, 1.54) is 6.07 Å². The SMILES string of the molecule is Fc1ccc(CC(Cl)C2CCCCC2C(F)(F)F)c(F)c1. The Hall–Kier alpha value is -0.840.